The number of fused-ring (bicyclic) bond motifs is 3. The molecule has 0 aliphatic rings. The highest BCUT2D eigenvalue weighted by Crippen LogP contribution is 2.27. The van der Waals surface area contributed by atoms with Gasteiger partial charge in [-0.3, -0.25) is 25.2 Å². The minimum Gasteiger partial charge on any atom is -0.493 e. The van der Waals surface area contributed by atoms with Crippen LogP contribution >= 0.6 is 0 Å². The molecule has 0 aliphatic carbocycles. The summed E-state index contributed by atoms with van der Waals surface area (Å²) in [5.74, 6) is -0.279. The zero-order valence-corrected chi connectivity index (χ0v) is 16.8. The zero-order valence-electron chi connectivity index (χ0n) is 16.8. The largest absolute Gasteiger partial charge is 0.493 e. The topological polar surface area (TPSA) is 127 Å². The normalized spacial score (nSPS) is 10.8. The Morgan fingerprint density at radius 3 is 2.65 bits per heavy atom. The Morgan fingerprint density at radius 1 is 1.10 bits per heavy atom. The van der Waals surface area contributed by atoms with Crippen molar-refractivity contribution in [3.63, 3.8) is 0 Å². The molecule has 4 aromatic rings. The van der Waals surface area contributed by atoms with Crippen molar-refractivity contribution in [1.82, 2.24) is 25.4 Å². The van der Waals surface area contributed by atoms with E-state index < -0.39 is 11.8 Å². The van der Waals surface area contributed by atoms with E-state index in [1.807, 2.05) is 6.92 Å². The molecule has 0 unspecified atom stereocenters. The number of rotatable bonds is 5. The molecule has 10 heteroatoms. The Kier molecular flexibility index (Phi) is 5.27. The van der Waals surface area contributed by atoms with E-state index in [0.29, 0.717) is 29.0 Å². The van der Waals surface area contributed by atoms with E-state index >= 15 is 0 Å². The SMILES string of the molecule is CCOc1ccc(C(=O)NNC(=O)c2cnn3c2[nH]c(=O)c2ccccc23)cc1OC. The molecule has 0 bridgehead atoms. The van der Waals surface area contributed by atoms with Gasteiger partial charge in [0.2, 0.25) is 0 Å². The fraction of sp³-hybridized carbons (Fsp3) is 0.143. The van der Waals surface area contributed by atoms with Gasteiger partial charge in [-0.1, -0.05) is 12.1 Å². The van der Waals surface area contributed by atoms with Gasteiger partial charge in [-0.2, -0.15) is 5.10 Å². The second kappa shape index (κ2) is 8.19. The fourth-order valence-corrected chi connectivity index (χ4v) is 3.18. The number of amides is 2. The van der Waals surface area contributed by atoms with Crippen LogP contribution in [-0.2, 0) is 0 Å². The van der Waals surface area contributed by atoms with Crippen LogP contribution in [0.3, 0.4) is 0 Å². The third-order valence-electron chi connectivity index (χ3n) is 4.64. The van der Waals surface area contributed by atoms with Gasteiger partial charge in [0.25, 0.3) is 17.4 Å². The molecule has 0 radical (unpaired) electrons. The van der Waals surface area contributed by atoms with Crippen molar-refractivity contribution in [3.05, 3.63) is 70.1 Å². The van der Waals surface area contributed by atoms with E-state index in [4.69, 9.17) is 9.47 Å². The molecule has 2 amide bonds. The first-order valence-electron chi connectivity index (χ1n) is 9.43. The second-order valence-electron chi connectivity index (χ2n) is 6.50. The predicted octanol–water partition coefficient (Wildman–Crippen LogP) is 1.66. The van der Waals surface area contributed by atoms with Gasteiger partial charge in [0.05, 0.1) is 30.8 Å². The summed E-state index contributed by atoms with van der Waals surface area (Å²) in [6, 6.07) is 11.6. The number of hydrogen-bond acceptors (Lipinski definition) is 6. The van der Waals surface area contributed by atoms with Crippen molar-refractivity contribution in [1.29, 1.82) is 0 Å². The molecule has 158 valence electrons. The molecule has 0 spiro atoms. The van der Waals surface area contributed by atoms with Crippen LogP contribution in [0.4, 0.5) is 0 Å². The molecular weight excluding hydrogens is 402 g/mol. The van der Waals surface area contributed by atoms with Crippen LogP contribution < -0.4 is 25.9 Å². The summed E-state index contributed by atoms with van der Waals surface area (Å²) in [5, 5.41) is 4.63. The number of H-pyrrole nitrogens is 1. The maximum Gasteiger partial charge on any atom is 0.275 e. The van der Waals surface area contributed by atoms with Crippen molar-refractivity contribution in [3.8, 4) is 11.5 Å². The smallest absolute Gasteiger partial charge is 0.275 e. The summed E-state index contributed by atoms with van der Waals surface area (Å²) >= 11 is 0. The summed E-state index contributed by atoms with van der Waals surface area (Å²) in [5.41, 5.74) is 5.48. The average molecular weight is 421 g/mol. The molecule has 0 atom stereocenters. The minimum absolute atomic E-state index is 0.104. The Morgan fingerprint density at radius 2 is 1.87 bits per heavy atom. The molecule has 31 heavy (non-hydrogen) atoms. The third-order valence-corrected chi connectivity index (χ3v) is 4.64. The highest BCUT2D eigenvalue weighted by atomic mass is 16.5. The van der Waals surface area contributed by atoms with Gasteiger partial charge in [-0.05, 0) is 37.3 Å². The van der Waals surface area contributed by atoms with E-state index in [0.717, 1.165) is 0 Å². The first-order valence-corrected chi connectivity index (χ1v) is 9.43. The lowest BCUT2D eigenvalue weighted by Gasteiger charge is -2.11. The standard InChI is InChI=1S/C21H19N5O5/c1-3-31-16-9-8-12(10-17(16)30-2)19(27)24-25-21(29)14-11-22-26-15-7-5-4-6-13(15)20(28)23-18(14)26/h4-11H,3H2,1-2H3,(H,23,28)(H,24,27)(H,25,29). The van der Waals surface area contributed by atoms with Crippen molar-refractivity contribution in [2.45, 2.75) is 6.92 Å². The van der Waals surface area contributed by atoms with E-state index in [1.54, 1.807) is 36.4 Å². The van der Waals surface area contributed by atoms with Gasteiger partial charge in [-0.25, -0.2) is 4.52 Å². The maximum absolute atomic E-state index is 12.6. The minimum atomic E-state index is -0.632. The second-order valence-corrected chi connectivity index (χ2v) is 6.50. The van der Waals surface area contributed by atoms with Gasteiger partial charge in [0.15, 0.2) is 11.5 Å². The third kappa shape index (κ3) is 3.66. The number of benzene rings is 2. The quantitative estimate of drug-likeness (QED) is 0.421. The lowest BCUT2D eigenvalue weighted by molar-refractivity contribution is 0.0847. The van der Waals surface area contributed by atoms with Crippen molar-refractivity contribution in [2.24, 2.45) is 0 Å². The Balaban J connectivity index is 1.55. The summed E-state index contributed by atoms with van der Waals surface area (Å²) in [6.45, 7) is 2.29. The number of aromatic amines is 1. The Bertz CT molecular complexity index is 1360. The summed E-state index contributed by atoms with van der Waals surface area (Å²) < 4.78 is 12.1. The van der Waals surface area contributed by atoms with Crippen LogP contribution in [0.2, 0.25) is 0 Å². The van der Waals surface area contributed by atoms with Crippen LogP contribution in [0, 0.1) is 0 Å². The number of carbonyl (C=O) groups is 2. The lowest BCUT2D eigenvalue weighted by Crippen LogP contribution is -2.41. The molecule has 0 saturated heterocycles. The number of hydrogen-bond donors (Lipinski definition) is 3. The monoisotopic (exact) mass is 421 g/mol. The fourth-order valence-electron chi connectivity index (χ4n) is 3.18. The summed E-state index contributed by atoms with van der Waals surface area (Å²) in [4.78, 5) is 40.1. The van der Waals surface area contributed by atoms with Crippen LogP contribution in [0.1, 0.15) is 27.6 Å². The van der Waals surface area contributed by atoms with E-state index in [1.165, 1.54) is 23.9 Å². The molecule has 3 N–H and O–H groups in total. The van der Waals surface area contributed by atoms with Gasteiger partial charge in [0.1, 0.15) is 11.2 Å². The predicted molar refractivity (Wildman–Crippen MR) is 112 cm³/mol. The van der Waals surface area contributed by atoms with Crippen LogP contribution in [0.25, 0.3) is 16.6 Å². The lowest BCUT2D eigenvalue weighted by atomic mass is 10.2. The number of carbonyl (C=O) groups excluding carboxylic acids is 2. The molecule has 10 nitrogen and oxygen atoms in total. The van der Waals surface area contributed by atoms with E-state index in [-0.39, 0.29) is 22.3 Å². The number of ether oxygens (including phenoxy) is 2. The first kappa shape index (κ1) is 20.0. The molecular formula is C21H19N5O5. The van der Waals surface area contributed by atoms with Crippen molar-refractivity contribution < 1.29 is 19.1 Å². The Hall–Kier alpha value is -4.34. The van der Waals surface area contributed by atoms with E-state index in [9.17, 15) is 14.4 Å². The van der Waals surface area contributed by atoms with Gasteiger partial charge < -0.3 is 14.5 Å². The van der Waals surface area contributed by atoms with Gasteiger partial charge in [-0.15, -0.1) is 0 Å². The first-order chi connectivity index (χ1) is 15.0. The maximum atomic E-state index is 12.6. The highest BCUT2D eigenvalue weighted by molar-refractivity contribution is 6.03. The number of para-hydroxylation sites is 1. The zero-order chi connectivity index (χ0) is 22.0. The molecule has 4 rings (SSSR count). The van der Waals surface area contributed by atoms with Crippen molar-refractivity contribution >= 4 is 28.4 Å². The number of nitrogens with zero attached hydrogens (tertiary/aromatic N) is 2. The highest BCUT2D eigenvalue weighted by Gasteiger charge is 2.17. The van der Waals surface area contributed by atoms with Crippen molar-refractivity contribution in [2.75, 3.05) is 13.7 Å². The van der Waals surface area contributed by atoms with Crippen LogP contribution in [-0.4, -0.2) is 40.1 Å². The molecule has 2 aromatic heterocycles. The molecule has 0 aliphatic heterocycles. The van der Waals surface area contributed by atoms with Gasteiger partial charge >= 0.3 is 0 Å². The van der Waals surface area contributed by atoms with Crippen LogP contribution in [0.15, 0.2) is 53.5 Å². The van der Waals surface area contributed by atoms with Gasteiger partial charge in [0, 0.05) is 5.56 Å². The molecule has 2 aromatic carbocycles. The number of aromatic nitrogens is 3. The number of hydrazine groups is 1. The number of methoxy groups -OCH3 is 1. The van der Waals surface area contributed by atoms with Crippen LogP contribution in [0.5, 0.6) is 11.5 Å². The van der Waals surface area contributed by atoms with E-state index in [2.05, 4.69) is 20.9 Å². The number of nitrogens with one attached hydrogen (secondary N) is 3. The molecule has 0 fully saturated rings. The average Bonchev–Trinajstić information content (AvgIpc) is 3.22. The Labute approximate surface area is 175 Å². The summed E-state index contributed by atoms with van der Waals surface area (Å²) in [7, 11) is 1.47. The molecule has 2 heterocycles. The molecule has 0 saturated carbocycles. The summed E-state index contributed by atoms with van der Waals surface area (Å²) in [6.07, 6.45) is 1.32.